The predicted octanol–water partition coefficient (Wildman–Crippen LogP) is 4.17. The van der Waals surface area contributed by atoms with Crippen LogP contribution in [0.15, 0.2) is 48.7 Å². The molecular weight excluding hydrogens is 335 g/mol. The smallest absolute Gasteiger partial charge is 0.138 e. The molecule has 2 heterocycles. The maximum Gasteiger partial charge on any atom is 0.138 e. The summed E-state index contributed by atoms with van der Waals surface area (Å²) in [7, 11) is 0. The Morgan fingerprint density at radius 2 is 1.89 bits per heavy atom. The Balaban J connectivity index is 2.15. The first kappa shape index (κ1) is 11.7. The quantitative estimate of drug-likeness (QED) is 0.636. The van der Waals surface area contributed by atoms with E-state index in [1.54, 1.807) is 0 Å². The molecule has 0 saturated carbocycles. The molecular formula is C15H13IN2. The summed E-state index contributed by atoms with van der Waals surface area (Å²) in [4.78, 5) is 4.69. The summed E-state index contributed by atoms with van der Waals surface area (Å²) in [5.74, 6) is 0. The molecule has 0 aliphatic rings. The lowest BCUT2D eigenvalue weighted by molar-refractivity contribution is 1.14. The van der Waals surface area contributed by atoms with E-state index < -0.39 is 0 Å². The van der Waals surface area contributed by atoms with E-state index in [-0.39, 0.29) is 0 Å². The zero-order chi connectivity index (χ0) is 12.5. The normalized spacial score (nSPS) is 11.0. The van der Waals surface area contributed by atoms with Crippen molar-refractivity contribution in [3.8, 4) is 11.3 Å². The summed E-state index contributed by atoms with van der Waals surface area (Å²) in [5, 5.41) is 0. The highest BCUT2D eigenvalue weighted by Gasteiger charge is 2.10. The van der Waals surface area contributed by atoms with Crippen molar-refractivity contribution in [2.75, 3.05) is 0 Å². The van der Waals surface area contributed by atoms with Gasteiger partial charge in [-0.3, -0.25) is 4.40 Å². The molecule has 0 unspecified atom stereocenters. The third-order valence-corrected chi connectivity index (χ3v) is 4.14. The maximum atomic E-state index is 4.69. The minimum atomic E-state index is 0.997. The van der Waals surface area contributed by atoms with Gasteiger partial charge in [-0.2, -0.15) is 0 Å². The molecule has 1 aromatic carbocycles. The highest BCUT2D eigenvalue weighted by atomic mass is 127. The SMILES string of the molecule is CCc1ccc(-c2nc3ccccn3c2I)cc1. The minimum absolute atomic E-state index is 0.997. The van der Waals surface area contributed by atoms with E-state index in [0.29, 0.717) is 0 Å². The van der Waals surface area contributed by atoms with Gasteiger partial charge in [-0.25, -0.2) is 4.98 Å². The fourth-order valence-corrected chi connectivity index (χ4v) is 2.89. The number of aromatic nitrogens is 2. The molecule has 3 heteroatoms. The van der Waals surface area contributed by atoms with Crippen molar-refractivity contribution in [2.45, 2.75) is 13.3 Å². The Morgan fingerprint density at radius 1 is 1.11 bits per heavy atom. The van der Waals surface area contributed by atoms with Crippen molar-refractivity contribution in [2.24, 2.45) is 0 Å². The highest BCUT2D eigenvalue weighted by molar-refractivity contribution is 14.1. The van der Waals surface area contributed by atoms with Crippen LogP contribution in [0, 0.1) is 3.70 Å². The second-order valence-corrected chi connectivity index (χ2v) is 5.25. The average molecular weight is 348 g/mol. The maximum absolute atomic E-state index is 4.69. The molecule has 0 aliphatic heterocycles. The molecule has 0 amide bonds. The summed E-state index contributed by atoms with van der Waals surface area (Å²) in [6.45, 7) is 2.17. The first-order valence-corrected chi connectivity index (χ1v) is 7.09. The molecule has 3 rings (SSSR count). The van der Waals surface area contributed by atoms with Gasteiger partial charge in [-0.05, 0) is 46.7 Å². The average Bonchev–Trinajstić information content (AvgIpc) is 2.77. The number of pyridine rings is 1. The Morgan fingerprint density at radius 3 is 2.56 bits per heavy atom. The van der Waals surface area contributed by atoms with Gasteiger partial charge in [-0.15, -0.1) is 0 Å². The Bertz CT molecular complexity index is 683. The van der Waals surface area contributed by atoms with Gasteiger partial charge in [0.05, 0.1) is 0 Å². The molecule has 0 N–H and O–H groups in total. The van der Waals surface area contributed by atoms with Crippen LogP contribution >= 0.6 is 22.6 Å². The fourth-order valence-electron chi connectivity index (χ4n) is 2.05. The third kappa shape index (κ3) is 1.92. The van der Waals surface area contributed by atoms with Gasteiger partial charge in [0.15, 0.2) is 0 Å². The van der Waals surface area contributed by atoms with Gasteiger partial charge in [0, 0.05) is 11.8 Å². The Kier molecular flexibility index (Phi) is 3.07. The van der Waals surface area contributed by atoms with E-state index in [2.05, 4.69) is 58.2 Å². The van der Waals surface area contributed by atoms with Crippen LogP contribution in [0.5, 0.6) is 0 Å². The van der Waals surface area contributed by atoms with Crippen molar-refractivity contribution >= 4 is 28.2 Å². The number of halogens is 1. The van der Waals surface area contributed by atoms with Crippen LogP contribution in [-0.4, -0.2) is 9.38 Å². The van der Waals surface area contributed by atoms with E-state index >= 15 is 0 Å². The zero-order valence-corrected chi connectivity index (χ0v) is 12.3. The molecule has 0 saturated heterocycles. The van der Waals surface area contributed by atoms with Gasteiger partial charge < -0.3 is 0 Å². The minimum Gasteiger partial charge on any atom is -0.294 e. The largest absolute Gasteiger partial charge is 0.294 e. The molecule has 0 aliphatic carbocycles. The van der Waals surface area contributed by atoms with E-state index in [4.69, 9.17) is 4.98 Å². The summed E-state index contributed by atoms with van der Waals surface area (Å²) < 4.78 is 3.27. The molecule has 18 heavy (non-hydrogen) atoms. The molecule has 0 fully saturated rings. The lowest BCUT2D eigenvalue weighted by Gasteiger charge is -2.00. The summed E-state index contributed by atoms with van der Waals surface area (Å²) in [5.41, 5.74) is 4.60. The number of imidazole rings is 1. The first-order valence-electron chi connectivity index (χ1n) is 6.01. The van der Waals surface area contributed by atoms with Crippen LogP contribution in [0.3, 0.4) is 0 Å². The number of fused-ring (bicyclic) bond motifs is 1. The van der Waals surface area contributed by atoms with Crippen molar-refractivity contribution in [1.29, 1.82) is 0 Å². The monoisotopic (exact) mass is 348 g/mol. The Hall–Kier alpha value is -1.36. The van der Waals surface area contributed by atoms with Crippen molar-refractivity contribution < 1.29 is 0 Å². The number of hydrogen-bond acceptors (Lipinski definition) is 1. The molecule has 90 valence electrons. The van der Waals surface area contributed by atoms with Gasteiger partial charge in [0.25, 0.3) is 0 Å². The molecule has 2 aromatic heterocycles. The number of benzene rings is 1. The fraction of sp³-hybridized carbons (Fsp3) is 0.133. The van der Waals surface area contributed by atoms with Gasteiger partial charge in [-0.1, -0.05) is 37.3 Å². The molecule has 3 aromatic rings. The van der Waals surface area contributed by atoms with E-state index in [1.807, 2.05) is 24.4 Å². The van der Waals surface area contributed by atoms with Crippen molar-refractivity contribution in [3.05, 3.63) is 57.9 Å². The van der Waals surface area contributed by atoms with Crippen molar-refractivity contribution in [1.82, 2.24) is 9.38 Å². The highest BCUT2D eigenvalue weighted by Crippen LogP contribution is 2.25. The number of rotatable bonds is 2. The van der Waals surface area contributed by atoms with Gasteiger partial charge in [0.1, 0.15) is 15.0 Å². The van der Waals surface area contributed by atoms with Crippen LogP contribution in [-0.2, 0) is 6.42 Å². The van der Waals surface area contributed by atoms with Crippen LogP contribution in [0.1, 0.15) is 12.5 Å². The summed E-state index contributed by atoms with van der Waals surface area (Å²) in [6, 6.07) is 14.7. The Labute approximate surface area is 120 Å². The third-order valence-electron chi connectivity index (χ3n) is 3.11. The summed E-state index contributed by atoms with van der Waals surface area (Å²) in [6.07, 6.45) is 3.12. The van der Waals surface area contributed by atoms with Crippen molar-refractivity contribution in [3.63, 3.8) is 0 Å². The van der Waals surface area contributed by atoms with Crippen LogP contribution in [0.2, 0.25) is 0 Å². The lowest BCUT2D eigenvalue weighted by atomic mass is 10.1. The standard InChI is InChI=1S/C15H13IN2/c1-2-11-6-8-12(9-7-11)14-15(16)18-10-4-3-5-13(18)17-14/h3-10H,2H2,1H3. The second kappa shape index (κ2) is 4.72. The second-order valence-electron chi connectivity index (χ2n) is 4.23. The molecule has 0 atom stereocenters. The molecule has 0 spiro atoms. The van der Waals surface area contributed by atoms with Gasteiger partial charge in [0.2, 0.25) is 0 Å². The topological polar surface area (TPSA) is 17.3 Å². The zero-order valence-electron chi connectivity index (χ0n) is 10.1. The van der Waals surface area contributed by atoms with Crippen LogP contribution in [0.25, 0.3) is 16.9 Å². The number of hydrogen-bond donors (Lipinski definition) is 0. The number of nitrogens with zero attached hydrogens (tertiary/aromatic N) is 2. The first-order chi connectivity index (χ1) is 8.79. The summed E-state index contributed by atoms with van der Waals surface area (Å²) >= 11 is 2.36. The number of aryl methyl sites for hydroxylation is 1. The predicted molar refractivity (Wildman–Crippen MR) is 82.7 cm³/mol. The lowest BCUT2D eigenvalue weighted by Crippen LogP contribution is -1.86. The van der Waals surface area contributed by atoms with Crippen LogP contribution < -0.4 is 0 Å². The van der Waals surface area contributed by atoms with Crippen LogP contribution in [0.4, 0.5) is 0 Å². The molecule has 0 bridgehead atoms. The van der Waals surface area contributed by atoms with E-state index in [9.17, 15) is 0 Å². The molecule has 2 nitrogen and oxygen atoms in total. The molecule has 0 radical (unpaired) electrons. The van der Waals surface area contributed by atoms with E-state index in [0.717, 1.165) is 21.5 Å². The van der Waals surface area contributed by atoms with Gasteiger partial charge >= 0.3 is 0 Å². The van der Waals surface area contributed by atoms with E-state index in [1.165, 1.54) is 11.1 Å².